The molecule has 0 saturated carbocycles. The van der Waals surface area contributed by atoms with Gasteiger partial charge in [-0.25, -0.2) is 4.79 Å². The van der Waals surface area contributed by atoms with Gasteiger partial charge in [0.25, 0.3) is 0 Å². The maximum atomic E-state index is 10.5. The Kier molecular flexibility index (Phi) is 82.8. The van der Waals surface area contributed by atoms with Crippen LogP contribution in [-0.2, 0) is 9.53 Å². The van der Waals surface area contributed by atoms with Crippen molar-refractivity contribution in [2.24, 2.45) is 0 Å². The number of hydrogen-bond acceptors (Lipinski definition) is 4. The highest BCUT2D eigenvalue weighted by molar-refractivity contribution is 5.73. The monoisotopic (exact) mass is 244 g/mol. The lowest BCUT2D eigenvalue weighted by Gasteiger charge is -2.04. The molecule has 0 aliphatic rings. The second kappa shape index (κ2) is 29.3. The molecular formula is C12H36O4. The van der Waals surface area contributed by atoms with Gasteiger partial charge in [-0.3, -0.25) is 0 Å². The number of hydrogen-bond donors (Lipinski definition) is 2. The molecule has 4 heteroatoms. The molecule has 1 atom stereocenters. The number of aliphatic hydroxyl groups excluding tert-OH is 2. The Labute approximate surface area is 104 Å². The minimum absolute atomic E-state index is 0. The van der Waals surface area contributed by atoms with E-state index >= 15 is 0 Å². The highest BCUT2D eigenvalue weighted by Crippen LogP contribution is 1.87. The van der Waals surface area contributed by atoms with Crippen LogP contribution >= 0.6 is 0 Å². The quantitative estimate of drug-likeness (QED) is 0.589. The number of carbonyl (C=O) groups excluding carboxylic acids is 1. The molecule has 0 fully saturated rings. The fraction of sp³-hybridized carbons (Fsp3) is 0.917. The van der Waals surface area contributed by atoms with Gasteiger partial charge in [0.2, 0.25) is 0 Å². The molecule has 0 aromatic carbocycles. The topological polar surface area (TPSA) is 66.8 Å². The van der Waals surface area contributed by atoms with Crippen molar-refractivity contribution in [3.8, 4) is 0 Å². The van der Waals surface area contributed by atoms with Crippen molar-refractivity contribution in [2.45, 2.75) is 64.0 Å². The molecule has 0 amide bonds. The fourth-order valence-corrected chi connectivity index (χ4v) is 0.358. The van der Waals surface area contributed by atoms with Gasteiger partial charge in [-0.05, 0) is 6.92 Å². The summed E-state index contributed by atoms with van der Waals surface area (Å²) >= 11 is 0. The zero-order valence-electron chi connectivity index (χ0n) is 5.91. The van der Waals surface area contributed by atoms with Crippen LogP contribution in [-0.4, -0.2) is 35.5 Å². The third-order valence-electron chi connectivity index (χ3n) is 0.888. The Morgan fingerprint density at radius 2 is 1.50 bits per heavy atom. The van der Waals surface area contributed by atoms with Crippen molar-refractivity contribution < 1.29 is 19.7 Å². The van der Waals surface area contributed by atoms with Crippen LogP contribution in [0.15, 0.2) is 0 Å². The van der Waals surface area contributed by atoms with Gasteiger partial charge in [-0.2, -0.15) is 0 Å². The van der Waals surface area contributed by atoms with Crippen LogP contribution in [0.1, 0.15) is 57.9 Å². The summed E-state index contributed by atoms with van der Waals surface area (Å²) in [5.74, 6) is -0.645. The molecule has 0 aliphatic carbocycles. The number of carbonyl (C=O) groups is 1. The van der Waals surface area contributed by atoms with Gasteiger partial charge in [0.1, 0.15) is 6.10 Å². The highest BCUT2D eigenvalue weighted by Gasteiger charge is 2.08. The lowest BCUT2D eigenvalue weighted by atomic mass is 10.4. The number of aliphatic hydroxyl groups is 2. The summed E-state index contributed by atoms with van der Waals surface area (Å²) in [5, 5.41) is 16.8. The predicted octanol–water partition coefficient (Wildman–Crippen LogP) is 3.11. The number of esters is 1. The van der Waals surface area contributed by atoms with Crippen LogP contribution in [0, 0.1) is 0 Å². The molecule has 0 heterocycles. The molecule has 0 aromatic rings. The minimum atomic E-state index is -1.07. The minimum Gasteiger partial charge on any atom is -0.464 e. The predicted molar refractivity (Wildman–Crippen MR) is 74.7 cm³/mol. The van der Waals surface area contributed by atoms with Gasteiger partial charge in [-0.1, -0.05) is 44.6 Å². The first-order valence-corrected chi connectivity index (χ1v) is 3.14. The number of rotatable bonds is 4. The second-order valence-electron chi connectivity index (χ2n) is 1.92. The van der Waals surface area contributed by atoms with E-state index in [1.165, 1.54) is 6.92 Å². The average Bonchev–Trinajstić information content (AvgIpc) is 1.88. The van der Waals surface area contributed by atoms with Gasteiger partial charge in [0, 0.05) is 13.0 Å². The van der Waals surface area contributed by atoms with Crippen LogP contribution in [0.3, 0.4) is 0 Å². The van der Waals surface area contributed by atoms with E-state index in [9.17, 15) is 4.79 Å². The highest BCUT2D eigenvalue weighted by atomic mass is 16.5. The molecule has 0 aromatic heterocycles. The molecule has 108 valence electrons. The zero-order chi connectivity index (χ0) is 7.98. The molecule has 0 aliphatic heterocycles. The molecule has 0 bridgehead atoms. The van der Waals surface area contributed by atoms with E-state index in [0.717, 1.165) is 0 Å². The van der Waals surface area contributed by atoms with E-state index in [1.54, 1.807) is 0 Å². The SMILES string of the molecule is C.C.C.C.C.C.CC(O)C(=O)OCCCO. The summed E-state index contributed by atoms with van der Waals surface area (Å²) < 4.78 is 4.49. The van der Waals surface area contributed by atoms with Crippen LogP contribution in [0.25, 0.3) is 0 Å². The Morgan fingerprint density at radius 1 is 1.12 bits per heavy atom. The maximum Gasteiger partial charge on any atom is 0.334 e. The van der Waals surface area contributed by atoms with Gasteiger partial charge < -0.3 is 14.9 Å². The largest absolute Gasteiger partial charge is 0.464 e. The van der Waals surface area contributed by atoms with Gasteiger partial charge >= 0.3 is 5.97 Å². The molecule has 0 rings (SSSR count). The van der Waals surface area contributed by atoms with E-state index in [0.29, 0.717) is 6.42 Å². The van der Waals surface area contributed by atoms with Crippen LogP contribution in [0.2, 0.25) is 0 Å². The van der Waals surface area contributed by atoms with Crippen molar-refractivity contribution in [1.29, 1.82) is 0 Å². The molecule has 4 nitrogen and oxygen atoms in total. The Morgan fingerprint density at radius 3 is 1.75 bits per heavy atom. The first-order chi connectivity index (χ1) is 4.68. The maximum absolute atomic E-state index is 10.5. The summed E-state index contributed by atoms with van der Waals surface area (Å²) in [6.07, 6.45) is -0.656. The van der Waals surface area contributed by atoms with Crippen LogP contribution in [0.5, 0.6) is 0 Å². The van der Waals surface area contributed by atoms with Crippen molar-refractivity contribution in [3.63, 3.8) is 0 Å². The van der Waals surface area contributed by atoms with Crippen LogP contribution in [0.4, 0.5) is 0 Å². The first kappa shape index (κ1) is 45.3. The van der Waals surface area contributed by atoms with Gasteiger partial charge in [0.15, 0.2) is 0 Å². The lowest BCUT2D eigenvalue weighted by Crippen LogP contribution is -2.19. The zero-order valence-corrected chi connectivity index (χ0v) is 5.91. The normalized spacial score (nSPS) is 7.94. The van der Waals surface area contributed by atoms with Gasteiger partial charge in [-0.15, -0.1) is 0 Å². The summed E-state index contributed by atoms with van der Waals surface area (Å²) in [6, 6.07) is 0. The van der Waals surface area contributed by atoms with E-state index in [1.807, 2.05) is 0 Å². The molecule has 0 radical (unpaired) electrons. The smallest absolute Gasteiger partial charge is 0.334 e. The van der Waals surface area contributed by atoms with Crippen molar-refractivity contribution in [2.75, 3.05) is 13.2 Å². The molecule has 16 heavy (non-hydrogen) atoms. The molecule has 1 unspecified atom stereocenters. The molecular weight excluding hydrogens is 208 g/mol. The third kappa shape index (κ3) is 29.2. The third-order valence-corrected chi connectivity index (χ3v) is 0.888. The van der Waals surface area contributed by atoms with E-state index in [-0.39, 0.29) is 57.8 Å². The molecule has 2 N–H and O–H groups in total. The number of ether oxygens (including phenoxy) is 1. The first-order valence-electron chi connectivity index (χ1n) is 3.14. The lowest BCUT2D eigenvalue weighted by molar-refractivity contribution is -0.152. The summed E-state index contributed by atoms with van der Waals surface area (Å²) in [5.41, 5.74) is 0. The van der Waals surface area contributed by atoms with Crippen molar-refractivity contribution in [3.05, 3.63) is 0 Å². The second-order valence-corrected chi connectivity index (χ2v) is 1.92. The molecule has 0 saturated heterocycles. The fourth-order valence-electron chi connectivity index (χ4n) is 0.358. The Balaban J connectivity index is -0.0000000270. The standard InChI is InChI=1S/C6H12O4.6CH4/c1-5(8)6(9)10-4-2-3-7;;;;;;/h5,7-8H,2-4H2,1H3;6*1H4. The van der Waals surface area contributed by atoms with Crippen molar-refractivity contribution in [1.82, 2.24) is 0 Å². The Hall–Kier alpha value is -0.610. The molecule has 0 spiro atoms. The summed E-state index contributed by atoms with van der Waals surface area (Å²) in [6.45, 7) is 1.49. The van der Waals surface area contributed by atoms with Crippen molar-refractivity contribution >= 4 is 5.97 Å². The average molecular weight is 244 g/mol. The van der Waals surface area contributed by atoms with E-state index in [4.69, 9.17) is 10.2 Å². The summed E-state index contributed by atoms with van der Waals surface area (Å²) in [7, 11) is 0. The van der Waals surface area contributed by atoms with E-state index < -0.39 is 12.1 Å². The summed E-state index contributed by atoms with van der Waals surface area (Å²) in [4.78, 5) is 10.5. The van der Waals surface area contributed by atoms with E-state index in [2.05, 4.69) is 4.74 Å². The Bertz CT molecular complexity index is 103. The van der Waals surface area contributed by atoms with Gasteiger partial charge in [0.05, 0.1) is 6.61 Å². The van der Waals surface area contributed by atoms with Crippen LogP contribution < -0.4 is 0 Å².